The van der Waals surface area contributed by atoms with Crippen LogP contribution in [0.15, 0.2) is 35.2 Å². The van der Waals surface area contributed by atoms with Crippen molar-refractivity contribution < 1.29 is 12.6 Å². The Morgan fingerprint density at radius 3 is 1.51 bits per heavy atom. The van der Waals surface area contributed by atoms with Crippen LogP contribution in [-0.2, 0) is 14.3 Å². The van der Waals surface area contributed by atoms with Gasteiger partial charge in [-0.25, -0.2) is 0 Å². The third-order valence-corrected chi connectivity index (χ3v) is 15.1. The zero-order valence-corrected chi connectivity index (χ0v) is 29.1. The van der Waals surface area contributed by atoms with E-state index in [2.05, 4.69) is 48.5 Å². The van der Waals surface area contributed by atoms with Gasteiger partial charge in [0.05, 0.1) is 11.0 Å². The van der Waals surface area contributed by atoms with E-state index in [1.807, 2.05) is 6.92 Å². The van der Waals surface area contributed by atoms with Crippen LogP contribution in [0, 0.1) is 11.8 Å². The summed E-state index contributed by atoms with van der Waals surface area (Å²) in [7, 11) is -4.51. The molecule has 2 unspecified atom stereocenters. The van der Waals surface area contributed by atoms with Crippen molar-refractivity contribution in [3.05, 3.63) is 30.3 Å². The van der Waals surface area contributed by atoms with Crippen LogP contribution < -0.4 is 0 Å². The maximum absolute atomic E-state index is 12.1. The third kappa shape index (κ3) is 19.3. The van der Waals surface area contributed by atoms with Gasteiger partial charge in [-0.3, -0.25) is 4.18 Å². The van der Waals surface area contributed by atoms with Crippen molar-refractivity contribution in [3.8, 4) is 0 Å². The summed E-state index contributed by atoms with van der Waals surface area (Å²) in [5.41, 5.74) is 0. The molecule has 0 radical (unpaired) electrons. The number of rotatable bonds is 22. The summed E-state index contributed by atoms with van der Waals surface area (Å²) in [6.45, 7) is 18.1. The molecule has 0 spiro atoms. The van der Waals surface area contributed by atoms with Gasteiger partial charge >= 0.3 is 111 Å². The minimum atomic E-state index is -3.63. The van der Waals surface area contributed by atoms with Gasteiger partial charge in [-0.2, -0.15) is 8.42 Å². The van der Waals surface area contributed by atoms with E-state index in [1.54, 1.807) is 55.0 Å². The van der Waals surface area contributed by atoms with Gasteiger partial charge in [0.25, 0.3) is 10.1 Å². The topological polar surface area (TPSA) is 43.4 Å². The Morgan fingerprint density at radius 2 is 1.10 bits per heavy atom. The standard InChI is InChI=1S/C18H30O3S.C16H37P/c1-15(2)14-16(3)10-8-9-11-17(4)21-22(19,20)18-12-6-5-7-13-18;1-5-9-13-17(14-10-6-2,15-11-7-3)16-12-8-4/h5-7,12-13,15-17H,8-11,14H2,1-4H3;17H,5-16H2,1-4H3. The maximum atomic E-state index is 12.1. The molecule has 232 valence electrons. The summed E-state index contributed by atoms with van der Waals surface area (Å²) >= 11 is 0. The normalized spacial score (nSPS) is 14.1. The van der Waals surface area contributed by atoms with Gasteiger partial charge in [0.15, 0.2) is 0 Å². The van der Waals surface area contributed by atoms with E-state index >= 15 is 0 Å². The van der Waals surface area contributed by atoms with Crippen molar-refractivity contribution in [2.75, 3.05) is 24.6 Å². The molecule has 0 saturated heterocycles. The fourth-order valence-electron chi connectivity index (χ4n) is 5.71. The molecule has 0 heterocycles. The molecular formula is C34H67O3PS. The Morgan fingerprint density at radius 1 is 0.667 bits per heavy atom. The van der Waals surface area contributed by atoms with E-state index in [1.165, 1.54) is 64.2 Å². The molecular weight excluding hydrogens is 519 g/mol. The van der Waals surface area contributed by atoms with Crippen LogP contribution >= 0.6 is 7.26 Å². The summed E-state index contributed by atoms with van der Waals surface area (Å²) in [5.74, 6) is 1.48. The third-order valence-electron chi connectivity index (χ3n) is 8.00. The van der Waals surface area contributed by atoms with E-state index < -0.39 is 17.4 Å². The van der Waals surface area contributed by atoms with Crippen molar-refractivity contribution in [2.45, 2.75) is 150 Å². The van der Waals surface area contributed by atoms with Gasteiger partial charge in [0.1, 0.15) is 0 Å². The zero-order valence-electron chi connectivity index (χ0n) is 27.3. The predicted molar refractivity (Wildman–Crippen MR) is 179 cm³/mol. The monoisotopic (exact) mass is 586 g/mol. The number of hydrogen-bond donors (Lipinski definition) is 0. The molecule has 3 nitrogen and oxygen atoms in total. The Labute approximate surface area is 246 Å². The first-order chi connectivity index (χ1) is 18.6. The second kappa shape index (κ2) is 23.2. The summed E-state index contributed by atoms with van der Waals surface area (Å²) in [4.78, 5) is 0.229. The van der Waals surface area contributed by atoms with Crippen LogP contribution in [0.1, 0.15) is 139 Å². The molecule has 0 amide bonds. The van der Waals surface area contributed by atoms with Gasteiger partial charge in [-0.1, -0.05) is 58.2 Å². The van der Waals surface area contributed by atoms with Gasteiger partial charge in [0.2, 0.25) is 0 Å². The molecule has 0 N–H and O–H groups in total. The van der Waals surface area contributed by atoms with E-state index in [-0.39, 0.29) is 11.0 Å². The predicted octanol–water partition coefficient (Wildman–Crippen LogP) is 11.0. The van der Waals surface area contributed by atoms with Crippen molar-refractivity contribution >= 4 is 17.4 Å². The fraction of sp³-hybridized carbons (Fsp3) is 0.824. The summed E-state index contributed by atoms with van der Waals surface area (Å²) in [6.07, 6.45) is 23.2. The molecule has 0 aliphatic heterocycles. The number of benzene rings is 1. The summed E-state index contributed by atoms with van der Waals surface area (Å²) in [6, 6.07) is 8.33. The van der Waals surface area contributed by atoms with Crippen molar-refractivity contribution in [2.24, 2.45) is 11.8 Å². The van der Waals surface area contributed by atoms with Crippen LogP contribution in [0.3, 0.4) is 0 Å². The van der Waals surface area contributed by atoms with E-state index in [9.17, 15) is 8.42 Å². The van der Waals surface area contributed by atoms with Gasteiger partial charge in [-0.15, -0.1) is 0 Å². The molecule has 0 fully saturated rings. The Balaban J connectivity index is 0.000000768. The molecule has 0 bridgehead atoms. The number of hydrogen-bond acceptors (Lipinski definition) is 3. The molecule has 0 aliphatic carbocycles. The van der Waals surface area contributed by atoms with Crippen LogP contribution in [0.5, 0.6) is 0 Å². The average molecular weight is 587 g/mol. The number of unbranched alkanes of at least 4 members (excludes halogenated alkanes) is 5. The molecule has 1 aromatic carbocycles. The van der Waals surface area contributed by atoms with Crippen LogP contribution in [0.25, 0.3) is 0 Å². The van der Waals surface area contributed by atoms with Gasteiger partial charge < -0.3 is 0 Å². The van der Waals surface area contributed by atoms with Gasteiger partial charge in [0, 0.05) is 0 Å². The molecule has 0 aliphatic rings. The van der Waals surface area contributed by atoms with Crippen LogP contribution in [-0.4, -0.2) is 39.2 Å². The molecule has 1 aromatic rings. The second-order valence-corrected chi connectivity index (χ2v) is 19.2. The first kappa shape index (κ1) is 38.6. The first-order valence-corrected chi connectivity index (χ1v) is 20.8. The molecule has 39 heavy (non-hydrogen) atoms. The average Bonchev–Trinajstić information content (AvgIpc) is 2.90. The van der Waals surface area contributed by atoms with Crippen molar-refractivity contribution in [3.63, 3.8) is 0 Å². The van der Waals surface area contributed by atoms with E-state index in [0.717, 1.165) is 31.1 Å². The molecule has 2 atom stereocenters. The van der Waals surface area contributed by atoms with Gasteiger partial charge in [-0.05, 0) is 43.7 Å². The molecule has 1 rings (SSSR count). The summed E-state index contributed by atoms with van der Waals surface area (Å²) < 4.78 is 29.4. The van der Waals surface area contributed by atoms with Crippen LogP contribution in [0.2, 0.25) is 0 Å². The Kier molecular flexibility index (Phi) is 22.9. The van der Waals surface area contributed by atoms with Crippen molar-refractivity contribution in [1.82, 2.24) is 0 Å². The van der Waals surface area contributed by atoms with E-state index in [4.69, 9.17) is 4.18 Å². The molecule has 5 heteroatoms. The summed E-state index contributed by atoms with van der Waals surface area (Å²) in [5, 5.41) is 0. The fourth-order valence-corrected chi connectivity index (χ4v) is 12.8. The molecule has 0 aromatic heterocycles. The second-order valence-electron chi connectivity index (χ2n) is 12.6. The Bertz CT molecular complexity index is 741. The molecule has 0 saturated carbocycles. The SMILES string of the molecule is CC(C)CC(C)CCCCC(C)OS(=O)(=O)c1ccccc1.CCCC[PH](CCCC)(CCCC)CCCC. The zero-order chi connectivity index (χ0) is 29.6. The Hall–Kier alpha value is -0.440. The quantitative estimate of drug-likeness (QED) is 0.0771. The van der Waals surface area contributed by atoms with Crippen LogP contribution in [0.4, 0.5) is 0 Å². The first-order valence-electron chi connectivity index (χ1n) is 16.5. The minimum absolute atomic E-state index is 0.229. The van der Waals surface area contributed by atoms with Crippen molar-refractivity contribution in [1.29, 1.82) is 0 Å². The van der Waals surface area contributed by atoms with E-state index in [0.29, 0.717) is 0 Å².